The van der Waals surface area contributed by atoms with E-state index in [4.69, 9.17) is 14.0 Å². The minimum absolute atomic E-state index is 0.286. The number of hydrogen-bond donors (Lipinski definition) is 0. The van der Waals surface area contributed by atoms with Crippen molar-refractivity contribution in [2.24, 2.45) is 0 Å². The average Bonchev–Trinajstić information content (AvgIpc) is 2.36. The Bertz CT molecular complexity index is 165. The van der Waals surface area contributed by atoms with E-state index in [0.29, 0.717) is 6.61 Å². The standard InChI is InChI=1S/C9H19BO3.C2H6/c1-6-7-11-10-12-8(2,3)9(4,5)13-10;1-2/h6-7H2,1-5H3;1-2H3. The van der Waals surface area contributed by atoms with Gasteiger partial charge in [-0.25, -0.2) is 0 Å². The second kappa shape index (κ2) is 5.87. The van der Waals surface area contributed by atoms with Crippen LogP contribution in [0.4, 0.5) is 0 Å². The maximum Gasteiger partial charge on any atom is 0.640 e. The Hall–Kier alpha value is -0.0551. The third-order valence-electron chi connectivity index (χ3n) is 2.69. The first-order chi connectivity index (χ1) is 6.89. The molecule has 0 aliphatic carbocycles. The van der Waals surface area contributed by atoms with E-state index in [1.807, 2.05) is 41.5 Å². The predicted molar refractivity (Wildman–Crippen MR) is 63.7 cm³/mol. The molecule has 0 aromatic carbocycles. The summed E-state index contributed by atoms with van der Waals surface area (Å²) in [5.74, 6) is 0. The summed E-state index contributed by atoms with van der Waals surface area (Å²) in [5, 5.41) is 0. The molecule has 3 nitrogen and oxygen atoms in total. The molecule has 0 bridgehead atoms. The highest BCUT2D eigenvalue weighted by atomic mass is 16.8. The highest BCUT2D eigenvalue weighted by Gasteiger charge is 2.52. The molecule has 1 saturated heterocycles. The van der Waals surface area contributed by atoms with Gasteiger partial charge in [0, 0.05) is 6.61 Å². The van der Waals surface area contributed by atoms with Crippen LogP contribution >= 0.6 is 0 Å². The van der Waals surface area contributed by atoms with Gasteiger partial charge in [0.1, 0.15) is 0 Å². The normalized spacial score (nSPS) is 22.2. The zero-order valence-electron chi connectivity index (χ0n) is 11.2. The van der Waals surface area contributed by atoms with E-state index in [9.17, 15) is 0 Å². The molecule has 0 spiro atoms. The first-order valence-corrected chi connectivity index (χ1v) is 5.86. The van der Waals surface area contributed by atoms with Crippen LogP contribution in [-0.2, 0) is 14.0 Å². The lowest BCUT2D eigenvalue weighted by Crippen LogP contribution is -2.41. The fraction of sp³-hybridized carbons (Fsp3) is 1.00. The molecule has 0 atom stereocenters. The molecule has 1 fully saturated rings. The molecule has 4 heteroatoms. The Morgan fingerprint density at radius 2 is 1.40 bits per heavy atom. The Balaban J connectivity index is 0.000000921. The van der Waals surface area contributed by atoms with Gasteiger partial charge in [-0.05, 0) is 34.1 Å². The van der Waals surface area contributed by atoms with Gasteiger partial charge < -0.3 is 14.0 Å². The minimum Gasteiger partial charge on any atom is -0.386 e. The highest BCUT2D eigenvalue weighted by Crippen LogP contribution is 2.36. The minimum atomic E-state index is -0.495. The fourth-order valence-corrected chi connectivity index (χ4v) is 1.07. The van der Waals surface area contributed by atoms with Crippen molar-refractivity contribution in [1.29, 1.82) is 0 Å². The van der Waals surface area contributed by atoms with Crippen molar-refractivity contribution in [2.75, 3.05) is 6.61 Å². The molecule has 0 unspecified atom stereocenters. The predicted octanol–water partition coefficient (Wildman–Crippen LogP) is 3.03. The van der Waals surface area contributed by atoms with E-state index in [1.54, 1.807) is 0 Å². The van der Waals surface area contributed by atoms with Crippen LogP contribution in [-0.4, -0.2) is 25.1 Å². The van der Waals surface area contributed by atoms with E-state index in [-0.39, 0.29) is 11.2 Å². The van der Waals surface area contributed by atoms with E-state index in [1.165, 1.54) is 0 Å². The smallest absolute Gasteiger partial charge is 0.386 e. The molecule has 1 aliphatic rings. The van der Waals surface area contributed by atoms with Crippen molar-refractivity contribution < 1.29 is 14.0 Å². The molecule has 1 heterocycles. The summed E-state index contributed by atoms with van der Waals surface area (Å²) >= 11 is 0. The maximum absolute atomic E-state index is 5.62. The Labute approximate surface area is 94.7 Å². The van der Waals surface area contributed by atoms with Crippen molar-refractivity contribution in [3.8, 4) is 0 Å². The van der Waals surface area contributed by atoms with Gasteiger partial charge in [-0.2, -0.15) is 0 Å². The zero-order chi connectivity index (χ0) is 12.1. The highest BCUT2D eigenvalue weighted by molar-refractivity contribution is 6.37. The van der Waals surface area contributed by atoms with Crippen LogP contribution in [0.5, 0.6) is 0 Å². The monoisotopic (exact) mass is 216 g/mol. The van der Waals surface area contributed by atoms with Crippen molar-refractivity contribution >= 4 is 7.32 Å². The van der Waals surface area contributed by atoms with Crippen LogP contribution in [0.3, 0.4) is 0 Å². The van der Waals surface area contributed by atoms with Gasteiger partial charge in [-0.1, -0.05) is 20.8 Å². The third kappa shape index (κ3) is 3.78. The summed E-state index contributed by atoms with van der Waals surface area (Å²) in [6.45, 7) is 14.8. The van der Waals surface area contributed by atoms with Gasteiger partial charge >= 0.3 is 7.32 Å². The molecule has 0 radical (unpaired) electrons. The SMILES string of the molecule is CC.CCCOB1OC(C)(C)C(C)(C)O1. The van der Waals surface area contributed by atoms with Crippen LogP contribution < -0.4 is 0 Å². The molecular formula is C11H25BO3. The second-order valence-electron chi connectivity index (χ2n) is 4.42. The van der Waals surface area contributed by atoms with Crippen LogP contribution in [0.1, 0.15) is 54.9 Å². The lowest BCUT2D eigenvalue weighted by atomic mass is 9.90. The van der Waals surface area contributed by atoms with E-state index in [2.05, 4.69) is 6.92 Å². The molecule has 0 aromatic rings. The summed E-state index contributed by atoms with van der Waals surface area (Å²) < 4.78 is 16.6. The lowest BCUT2D eigenvalue weighted by molar-refractivity contribution is 0.00578. The van der Waals surface area contributed by atoms with Crippen molar-refractivity contribution in [3.63, 3.8) is 0 Å². The summed E-state index contributed by atoms with van der Waals surface area (Å²) in [6, 6.07) is 0. The molecule has 15 heavy (non-hydrogen) atoms. The maximum atomic E-state index is 5.62. The van der Waals surface area contributed by atoms with Crippen molar-refractivity contribution in [3.05, 3.63) is 0 Å². The molecule has 0 aromatic heterocycles. The molecule has 90 valence electrons. The molecule has 1 aliphatic heterocycles. The van der Waals surface area contributed by atoms with Crippen LogP contribution in [0.15, 0.2) is 0 Å². The second-order valence-corrected chi connectivity index (χ2v) is 4.42. The van der Waals surface area contributed by atoms with E-state index in [0.717, 1.165) is 6.42 Å². The number of hydrogen-bond acceptors (Lipinski definition) is 3. The Kier molecular flexibility index (Phi) is 5.85. The van der Waals surface area contributed by atoms with Gasteiger partial charge in [-0.15, -0.1) is 0 Å². The van der Waals surface area contributed by atoms with Crippen molar-refractivity contribution in [2.45, 2.75) is 66.1 Å². The Morgan fingerprint density at radius 3 is 1.73 bits per heavy atom. The number of rotatable bonds is 3. The summed E-state index contributed by atoms with van der Waals surface area (Å²) in [5.41, 5.74) is -0.573. The third-order valence-corrected chi connectivity index (χ3v) is 2.69. The largest absolute Gasteiger partial charge is 0.640 e. The lowest BCUT2D eigenvalue weighted by Gasteiger charge is -2.31. The van der Waals surface area contributed by atoms with Gasteiger partial charge in [0.2, 0.25) is 0 Å². The molecule has 0 N–H and O–H groups in total. The quantitative estimate of drug-likeness (QED) is 0.678. The van der Waals surface area contributed by atoms with Crippen LogP contribution in [0.2, 0.25) is 0 Å². The first-order valence-electron chi connectivity index (χ1n) is 5.86. The summed E-state index contributed by atoms with van der Waals surface area (Å²) in [4.78, 5) is 0. The molecular weight excluding hydrogens is 191 g/mol. The molecule has 0 amide bonds. The zero-order valence-corrected chi connectivity index (χ0v) is 11.2. The van der Waals surface area contributed by atoms with Gasteiger partial charge in [0.15, 0.2) is 0 Å². The van der Waals surface area contributed by atoms with Gasteiger partial charge in [0.25, 0.3) is 0 Å². The average molecular weight is 216 g/mol. The Morgan fingerprint density at radius 1 is 1.00 bits per heavy atom. The summed E-state index contributed by atoms with van der Waals surface area (Å²) in [6.07, 6.45) is 0.976. The van der Waals surface area contributed by atoms with Crippen molar-refractivity contribution in [1.82, 2.24) is 0 Å². The topological polar surface area (TPSA) is 27.7 Å². The molecule has 1 rings (SSSR count). The summed E-state index contributed by atoms with van der Waals surface area (Å²) in [7, 11) is -0.495. The fourth-order valence-electron chi connectivity index (χ4n) is 1.07. The van der Waals surface area contributed by atoms with Gasteiger partial charge in [-0.3, -0.25) is 0 Å². The van der Waals surface area contributed by atoms with E-state index < -0.39 is 7.32 Å². The first kappa shape index (κ1) is 14.9. The van der Waals surface area contributed by atoms with E-state index >= 15 is 0 Å². The van der Waals surface area contributed by atoms with Gasteiger partial charge in [0.05, 0.1) is 11.2 Å². The van der Waals surface area contributed by atoms with Crippen LogP contribution in [0, 0.1) is 0 Å². The van der Waals surface area contributed by atoms with Crippen LogP contribution in [0.25, 0.3) is 0 Å². The molecule has 0 saturated carbocycles.